The summed E-state index contributed by atoms with van der Waals surface area (Å²) in [6.07, 6.45) is 0. The largest absolute Gasteiger partial charge is 0.344 e. The SMILES string of the molecule is CCSCc1cc2cccc(CN)c2n1CC. The normalized spacial score (nSPS) is 11.2. The van der Waals surface area contributed by atoms with Gasteiger partial charge in [-0.15, -0.1) is 0 Å². The maximum Gasteiger partial charge on any atom is 0.0528 e. The Balaban J connectivity index is 2.55. The fourth-order valence-electron chi connectivity index (χ4n) is 2.31. The molecule has 17 heavy (non-hydrogen) atoms. The molecule has 1 aromatic heterocycles. The lowest BCUT2D eigenvalue weighted by Crippen LogP contribution is -2.04. The number of rotatable bonds is 5. The van der Waals surface area contributed by atoms with E-state index in [0.717, 1.165) is 18.1 Å². The molecule has 1 aromatic carbocycles. The van der Waals surface area contributed by atoms with Gasteiger partial charge in [-0.1, -0.05) is 25.1 Å². The van der Waals surface area contributed by atoms with E-state index in [1.165, 1.54) is 22.2 Å². The molecule has 0 atom stereocenters. The lowest BCUT2D eigenvalue weighted by Gasteiger charge is -2.09. The number of thioether (sulfide) groups is 1. The number of para-hydroxylation sites is 1. The highest BCUT2D eigenvalue weighted by Gasteiger charge is 2.10. The number of hydrogen-bond acceptors (Lipinski definition) is 2. The molecule has 2 aromatic rings. The van der Waals surface area contributed by atoms with Gasteiger partial charge in [0.1, 0.15) is 0 Å². The minimum atomic E-state index is 0.613. The molecule has 0 bridgehead atoms. The number of nitrogens with zero attached hydrogens (tertiary/aromatic N) is 1. The molecule has 2 rings (SSSR count). The number of aryl methyl sites for hydroxylation is 1. The zero-order valence-electron chi connectivity index (χ0n) is 10.6. The molecule has 0 amide bonds. The summed E-state index contributed by atoms with van der Waals surface area (Å²) in [6, 6.07) is 8.72. The van der Waals surface area contributed by atoms with Gasteiger partial charge in [0, 0.05) is 29.9 Å². The van der Waals surface area contributed by atoms with Crippen LogP contribution in [-0.4, -0.2) is 10.3 Å². The molecule has 3 heteroatoms. The van der Waals surface area contributed by atoms with Gasteiger partial charge in [0.25, 0.3) is 0 Å². The van der Waals surface area contributed by atoms with Gasteiger partial charge in [-0.05, 0) is 24.3 Å². The second kappa shape index (κ2) is 5.61. The van der Waals surface area contributed by atoms with Crippen molar-refractivity contribution in [1.82, 2.24) is 4.57 Å². The molecule has 0 aliphatic rings. The Kier molecular flexibility index (Phi) is 4.13. The first kappa shape index (κ1) is 12.5. The fourth-order valence-corrected chi connectivity index (χ4v) is 2.96. The van der Waals surface area contributed by atoms with Crippen LogP contribution in [0, 0.1) is 0 Å². The average Bonchev–Trinajstić information content (AvgIpc) is 2.73. The molecule has 2 nitrogen and oxygen atoms in total. The standard InChI is InChI=1S/C14H20N2S/c1-3-16-13(10-17-4-2)8-11-6-5-7-12(9-15)14(11)16/h5-8H,3-4,9-10,15H2,1-2H3. The maximum absolute atomic E-state index is 5.83. The van der Waals surface area contributed by atoms with Gasteiger partial charge in [-0.25, -0.2) is 0 Å². The van der Waals surface area contributed by atoms with Crippen molar-refractivity contribution in [2.75, 3.05) is 5.75 Å². The van der Waals surface area contributed by atoms with Crippen LogP contribution >= 0.6 is 11.8 Å². The summed E-state index contributed by atoms with van der Waals surface area (Å²) in [7, 11) is 0. The Morgan fingerprint density at radius 1 is 1.29 bits per heavy atom. The third-order valence-corrected chi connectivity index (χ3v) is 3.99. The van der Waals surface area contributed by atoms with Crippen molar-refractivity contribution in [3.8, 4) is 0 Å². The summed E-state index contributed by atoms with van der Waals surface area (Å²) >= 11 is 1.97. The Morgan fingerprint density at radius 3 is 2.76 bits per heavy atom. The molecule has 2 N–H and O–H groups in total. The highest BCUT2D eigenvalue weighted by Crippen LogP contribution is 2.26. The molecule has 0 saturated heterocycles. The van der Waals surface area contributed by atoms with Crippen LogP contribution in [0.5, 0.6) is 0 Å². The Morgan fingerprint density at radius 2 is 2.12 bits per heavy atom. The lowest BCUT2D eigenvalue weighted by molar-refractivity contribution is 0.761. The van der Waals surface area contributed by atoms with Crippen LogP contribution in [-0.2, 0) is 18.8 Å². The van der Waals surface area contributed by atoms with E-state index in [4.69, 9.17) is 5.73 Å². The van der Waals surface area contributed by atoms with E-state index in [9.17, 15) is 0 Å². The molecule has 0 fully saturated rings. The predicted molar refractivity (Wildman–Crippen MR) is 77.3 cm³/mol. The van der Waals surface area contributed by atoms with Gasteiger partial charge < -0.3 is 10.3 Å². The van der Waals surface area contributed by atoms with Crippen LogP contribution in [0.4, 0.5) is 0 Å². The molecule has 0 unspecified atom stereocenters. The summed E-state index contributed by atoms with van der Waals surface area (Å²) < 4.78 is 2.40. The minimum Gasteiger partial charge on any atom is -0.344 e. The molecule has 0 spiro atoms. The zero-order chi connectivity index (χ0) is 12.3. The third-order valence-electron chi connectivity index (χ3n) is 3.08. The first-order valence-corrected chi connectivity index (χ1v) is 7.35. The molecule has 0 radical (unpaired) electrons. The van der Waals surface area contributed by atoms with E-state index in [1.54, 1.807) is 0 Å². The highest BCUT2D eigenvalue weighted by molar-refractivity contribution is 7.98. The highest BCUT2D eigenvalue weighted by atomic mass is 32.2. The topological polar surface area (TPSA) is 30.9 Å². The summed E-state index contributed by atoms with van der Waals surface area (Å²) in [5.41, 5.74) is 9.81. The fraction of sp³-hybridized carbons (Fsp3) is 0.429. The van der Waals surface area contributed by atoms with Crippen molar-refractivity contribution in [3.05, 3.63) is 35.5 Å². The van der Waals surface area contributed by atoms with Crippen molar-refractivity contribution in [2.24, 2.45) is 5.73 Å². The van der Waals surface area contributed by atoms with Crippen molar-refractivity contribution < 1.29 is 0 Å². The van der Waals surface area contributed by atoms with Crippen molar-refractivity contribution in [3.63, 3.8) is 0 Å². The smallest absolute Gasteiger partial charge is 0.0528 e. The predicted octanol–water partition coefficient (Wildman–Crippen LogP) is 3.37. The van der Waals surface area contributed by atoms with E-state index in [-0.39, 0.29) is 0 Å². The number of fused-ring (bicyclic) bond motifs is 1. The molecule has 0 aliphatic heterocycles. The van der Waals surface area contributed by atoms with Gasteiger partial charge in [-0.2, -0.15) is 11.8 Å². The van der Waals surface area contributed by atoms with Crippen LogP contribution in [0.15, 0.2) is 24.3 Å². The summed E-state index contributed by atoms with van der Waals surface area (Å²) in [4.78, 5) is 0. The van der Waals surface area contributed by atoms with Gasteiger partial charge in [-0.3, -0.25) is 0 Å². The molecule has 92 valence electrons. The second-order valence-electron chi connectivity index (χ2n) is 4.08. The van der Waals surface area contributed by atoms with Crippen LogP contribution in [0.2, 0.25) is 0 Å². The van der Waals surface area contributed by atoms with E-state index < -0.39 is 0 Å². The Hall–Kier alpha value is -0.930. The monoisotopic (exact) mass is 248 g/mol. The Labute approximate surface area is 107 Å². The Bertz CT molecular complexity index is 502. The molecule has 0 saturated carbocycles. The first-order valence-electron chi connectivity index (χ1n) is 6.19. The van der Waals surface area contributed by atoms with Crippen molar-refractivity contribution in [1.29, 1.82) is 0 Å². The number of hydrogen-bond donors (Lipinski definition) is 1. The third kappa shape index (κ3) is 2.35. The summed E-state index contributed by atoms with van der Waals surface area (Å²) in [5, 5.41) is 1.32. The van der Waals surface area contributed by atoms with Gasteiger partial charge >= 0.3 is 0 Å². The van der Waals surface area contributed by atoms with Crippen LogP contribution in [0.1, 0.15) is 25.1 Å². The van der Waals surface area contributed by atoms with Crippen LogP contribution in [0.25, 0.3) is 10.9 Å². The van der Waals surface area contributed by atoms with Crippen molar-refractivity contribution in [2.45, 2.75) is 32.7 Å². The van der Waals surface area contributed by atoms with E-state index in [1.807, 2.05) is 11.8 Å². The summed E-state index contributed by atoms with van der Waals surface area (Å²) in [5.74, 6) is 2.25. The lowest BCUT2D eigenvalue weighted by atomic mass is 10.1. The molecular weight excluding hydrogens is 228 g/mol. The number of benzene rings is 1. The van der Waals surface area contributed by atoms with Gasteiger partial charge in [0.05, 0.1) is 5.52 Å². The van der Waals surface area contributed by atoms with Gasteiger partial charge in [0.2, 0.25) is 0 Å². The number of nitrogens with two attached hydrogens (primary N) is 1. The maximum atomic E-state index is 5.83. The molecule has 1 heterocycles. The zero-order valence-corrected chi connectivity index (χ0v) is 11.4. The first-order chi connectivity index (χ1) is 8.31. The van der Waals surface area contributed by atoms with E-state index >= 15 is 0 Å². The van der Waals surface area contributed by atoms with Crippen molar-refractivity contribution >= 4 is 22.7 Å². The van der Waals surface area contributed by atoms with Crippen LogP contribution in [0.3, 0.4) is 0 Å². The van der Waals surface area contributed by atoms with Crippen LogP contribution < -0.4 is 5.73 Å². The minimum absolute atomic E-state index is 0.613. The summed E-state index contributed by atoms with van der Waals surface area (Å²) in [6.45, 7) is 6.03. The van der Waals surface area contributed by atoms with Gasteiger partial charge in [0.15, 0.2) is 0 Å². The molecular formula is C14H20N2S. The van der Waals surface area contributed by atoms with E-state index in [0.29, 0.717) is 6.54 Å². The second-order valence-corrected chi connectivity index (χ2v) is 5.35. The molecule has 0 aliphatic carbocycles. The van der Waals surface area contributed by atoms with E-state index in [2.05, 4.69) is 42.7 Å². The average molecular weight is 248 g/mol. The quantitative estimate of drug-likeness (QED) is 0.879. The number of aromatic nitrogens is 1.